The molecule has 12 heteroatoms. The van der Waals surface area contributed by atoms with Gasteiger partial charge in [-0.15, -0.1) is 0 Å². The number of aromatic nitrogens is 3. The number of urea groups is 1. The van der Waals surface area contributed by atoms with Gasteiger partial charge in [-0.2, -0.15) is 18.3 Å². The van der Waals surface area contributed by atoms with E-state index in [0.717, 1.165) is 11.6 Å². The van der Waals surface area contributed by atoms with Crippen LogP contribution in [-0.4, -0.2) is 27.2 Å². The molecule has 8 nitrogen and oxygen atoms in total. The van der Waals surface area contributed by atoms with Gasteiger partial charge in [-0.1, -0.05) is 30.3 Å². The standard InChI is InChI=1S/C24H19F4N5O3/c1-14-20-21(36-12-15-6-4-3-5-7-15)19(11-29-22(20)32(2)31-14)33(13-34)23(35)30-16-8-9-18(25)17(10-16)24(26,27)28/h3-11,13H,12H2,1-2H3,(H,30,35). The Balaban J connectivity index is 1.72. The molecule has 3 amide bonds. The SMILES string of the molecule is Cc1nn(C)c2ncc(N(C=O)C(=O)Nc3ccc(F)c(C(F)(F)F)c3)c(OCc3ccccc3)c12. The number of hydrogen-bond acceptors (Lipinski definition) is 5. The van der Waals surface area contributed by atoms with Crippen molar-refractivity contribution in [2.75, 3.05) is 10.2 Å². The maximum atomic E-state index is 13.6. The number of halogens is 4. The Labute approximate surface area is 202 Å². The monoisotopic (exact) mass is 501 g/mol. The molecule has 1 N–H and O–H groups in total. The molecule has 0 fully saturated rings. The number of fused-ring (bicyclic) bond motifs is 1. The van der Waals surface area contributed by atoms with E-state index in [-0.39, 0.29) is 30.1 Å². The molecule has 186 valence electrons. The molecule has 0 aliphatic rings. The minimum Gasteiger partial charge on any atom is -0.486 e. The Bertz CT molecular complexity index is 1440. The molecule has 0 bridgehead atoms. The topological polar surface area (TPSA) is 89.4 Å². The highest BCUT2D eigenvalue weighted by atomic mass is 19.4. The van der Waals surface area contributed by atoms with Gasteiger partial charge in [0, 0.05) is 12.7 Å². The van der Waals surface area contributed by atoms with Crippen LogP contribution in [0.25, 0.3) is 11.0 Å². The number of anilines is 2. The van der Waals surface area contributed by atoms with Gasteiger partial charge in [0.2, 0.25) is 6.41 Å². The summed E-state index contributed by atoms with van der Waals surface area (Å²) in [4.78, 5) is 29.8. The average Bonchev–Trinajstić information content (AvgIpc) is 3.13. The van der Waals surface area contributed by atoms with Gasteiger partial charge in [-0.3, -0.25) is 9.48 Å². The molecule has 4 rings (SSSR count). The molecule has 0 aliphatic heterocycles. The highest BCUT2D eigenvalue weighted by Crippen LogP contribution is 2.37. The van der Waals surface area contributed by atoms with Crippen LogP contribution in [0.4, 0.5) is 33.7 Å². The van der Waals surface area contributed by atoms with E-state index in [9.17, 15) is 27.2 Å². The van der Waals surface area contributed by atoms with Crippen molar-refractivity contribution in [3.05, 3.63) is 77.4 Å². The summed E-state index contributed by atoms with van der Waals surface area (Å²) in [5.74, 6) is -1.36. The lowest BCUT2D eigenvalue weighted by Crippen LogP contribution is -2.34. The minimum atomic E-state index is -4.97. The van der Waals surface area contributed by atoms with E-state index in [4.69, 9.17) is 4.74 Å². The van der Waals surface area contributed by atoms with Crippen LogP contribution < -0.4 is 15.0 Å². The van der Waals surface area contributed by atoms with Crippen LogP contribution in [0.3, 0.4) is 0 Å². The molecule has 2 heterocycles. The zero-order valence-electron chi connectivity index (χ0n) is 19.0. The van der Waals surface area contributed by atoms with Gasteiger partial charge in [0.25, 0.3) is 0 Å². The summed E-state index contributed by atoms with van der Waals surface area (Å²) in [7, 11) is 1.67. The van der Waals surface area contributed by atoms with Gasteiger partial charge in [0.15, 0.2) is 11.4 Å². The molecule has 0 saturated heterocycles. The first-order chi connectivity index (χ1) is 17.1. The number of hydrogen-bond donors (Lipinski definition) is 1. The third kappa shape index (κ3) is 4.83. The van der Waals surface area contributed by atoms with Crippen LogP contribution in [0.15, 0.2) is 54.7 Å². The number of alkyl halides is 3. The molecular formula is C24H19F4N5O3. The van der Waals surface area contributed by atoms with Crippen LogP contribution in [0.5, 0.6) is 5.75 Å². The van der Waals surface area contributed by atoms with Gasteiger partial charge < -0.3 is 10.1 Å². The number of ether oxygens (including phenoxy) is 1. The van der Waals surface area contributed by atoms with E-state index >= 15 is 0 Å². The maximum Gasteiger partial charge on any atom is 0.419 e. The fourth-order valence-electron chi connectivity index (χ4n) is 3.63. The van der Waals surface area contributed by atoms with Crippen molar-refractivity contribution in [2.45, 2.75) is 19.7 Å². The highest BCUT2D eigenvalue weighted by molar-refractivity contribution is 6.14. The predicted molar refractivity (Wildman–Crippen MR) is 123 cm³/mol. The van der Waals surface area contributed by atoms with Gasteiger partial charge in [0.1, 0.15) is 18.1 Å². The summed E-state index contributed by atoms with van der Waals surface area (Å²) < 4.78 is 60.4. The number of aryl methyl sites for hydroxylation is 2. The average molecular weight is 501 g/mol. The lowest BCUT2D eigenvalue weighted by molar-refractivity contribution is -0.139. The number of imide groups is 1. The van der Waals surface area contributed by atoms with Gasteiger partial charge in [-0.25, -0.2) is 19.1 Å². The number of carbonyl (C=O) groups excluding carboxylic acids is 2. The second-order valence-corrected chi connectivity index (χ2v) is 7.75. The van der Waals surface area contributed by atoms with Crippen molar-refractivity contribution < 1.29 is 31.9 Å². The summed E-state index contributed by atoms with van der Waals surface area (Å²) in [6.07, 6.45) is -3.57. The summed E-state index contributed by atoms with van der Waals surface area (Å²) >= 11 is 0. The third-order valence-electron chi connectivity index (χ3n) is 5.29. The molecule has 0 spiro atoms. The van der Waals surface area contributed by atoms with E-state index < -0.39 is 23.6 Å². The Morgan fingerprint density at radius 2 is 1.92 bits per heavy atom. The number of rotatable bonds is 6. The van der Waals surface area contributed by atoms with E-state index in [1.807, 2.05) is 30.3 Å². The molecule has 0 saturated carbocycles. The molecule has 2 aromatic carbocycles. The summed E-state index contributed by atoms with van der Waals surface area (Å²) in [6.45, 7) is 1.79. The summed E-state index contributed by atoms with van der Waals surface area (Å²) in [5.41, 5.74) is -0.218. The maximum absolute atomic E-state index is 13.6. The number of benzene rings is 2. The highest BCUT2D eigenvalue weighted by Gasteiger charge is 2.34. The molecular weight excluding hydrogens is 482 g/mol. The number of nitrogens with zero attached hydrogens (tertiary/aromatic N) is 4. The van der Waals surface area contributed by atoms with Crippen LogP contribution in [0.1, 0.15) is 16.8 Å². The summed E-state index contributed by atoms with van der Waals surface area (Å²) in [6, 6.07) is 9.99. The number of amides is 3. The molecule has 0 aliphatic carbocycles. The van der Waals surface area contributed by atoms with Crippen molar-refractivity contribution >= 4 is 34.8 Å². The van der Waals surface area contributed by atoms with Crippen LogP contribution in [-0.2, 0) is 24.6 Å². The lowest BCUT2D eigenvalue weighted by Gasteiger charge is -2.21. The fourth-order valence-corrected chi connectivity index (χ4v) is 3.63. The quantitative estimate of drug-likeness (QED) is 0.290. The fraction of sp³-hybridized carbons (Fsp3) is 0.167. The minimum absolute atomic E-state index is 0.0554. The van der Waals surface area contributed by atoms with Crippen molar-refractivity contribution in [1.82, 2.24) is 14.8 Å². The molecule has 0 unspecified atom stereocenters. The van der Waals surface area contributed by atoms with Crippen LogP contribution >= 0.6 is 0 Å². The summed E-state index contributed by atoms with van der Waals surface area (Å²) in [5, 5.41) is 6.95. The number of pyridine rings is 1. The normalized spacial score (nSPS) is 11.4. The largest absolute Gasteiger partial charge is 0.486 e. The van der Waals surface area contributed by atoms with Crippen LogP contribution in [0, 0.1) is 12.7 Å². The molecule has 36 heavy (non-hydrogen) atoms. The van der Waals surface area contributed by atoms with E-state index in [0.29, 0.717) is 33.8 Å². The first-order valence-corrected chi connectivity index (χ1v) is 10.5. The van der Waals surface area contributed by atoms with Crippen molar-refractivity contribution in [3.8, 4) is 5.75 Å². The first kappa shape index (κ1) is 24.6. The smallest absolute Gasteiger partial charge is 0.419 e. The van der Waals surface area contributed by atoms with E-state index in [1.54, 1.807) is 14.0 Å². The Morgan fingerprint density at radius 1 is 1.19 bits per heavy atom. The molecule has 0 atom stereocenters. The molecule has 0 radical (unpaired) electrons. The van der Waals surface area contributed by atoms with Crippen LogP contribution in [0.2, 0.25) is 0 Å². The second kappa shape index (κ2) is 9.64. The van der Waals surface area contributed by atoms with Gasteiger partial charge >= 0.3 is 12.2 Å². The zero-order chi connectivity index (χ0) is 26.0. The van der Waals surface area contributed by atoms with Crippen molar-refractivity contribution in [1.29, 1.82) is 0 Å². The van der Waals surface area contributed by atoms with E-state index in [2.05, 4.69) is 15.4 Å². The first-order valence-electron chi connectivity index (χ1n) is 10.5. The predicted octanol–water partition coefficient (Wildman–Crippen LogP) is 5.21. The van der Waals surface area contributed by atoms with Gasteiger partial charge in [0.05, 0.1) is 22.8 Å². The number of carbonyl (C=O) groups is 2. The Hall–Kier alpha value is -4.48. The Morgan fingerprint density at radius 3 is 2.58 bits per heavy atom. The zero-order valence-corrected chi connectivity index (χ0v) is 19.0. The van der Waals surface area contributed by atoms with Crippen molar-refractivity contribution in [3.63, 3.8) is 0 Å². The Kier molecular flexibility index (Phi) is 6.60. The van der Waals surface area contributed by atoms with Gasteiger partial charge in [-0.05, 0) is 30.7 Å². The molecule has 2 aromatic heterocycles. The molecule has 4 aromatic rings. The second-order valence-electron chi connectivity index (χ2n) is 7.75. The van der Waals surface area contributed by atoms with E-state index in [1.165, 1.54) is 10.9 Å². The lowest BCUT2D eigenvalue weighted by atomic mass is 10.2. The third-order valence-corrected chi connectivity index (χ3v) is 5.29. The van der Waals surface area contributed by atoms with Crippen molar-refractivity contribution in [2.24, 2.45) is 7.05 Å². The number of nitrogens with one attached hydrogen (secondary N) is 1.